The largest absolute Gasteiger partial charge is 1.00 e. The molecule has 0 atom stereocenters. The van der Waals surface area contributed by atoms with Gasteiger partial charge in [-0.2, -0.15) is 0 Å². The second kappa shape index (κ2) is 6.70. The summed E-state index contributed by atoms with van der Waals surface area (Å²) in [5.41, 5.74) is 1.04. The summed E-state index contributed by atoms with van der Waals surface area (Å²) in [6.45, 7) is 5.72. The number of aliphatic hydroxyl groups excluding tert-OH is 1. The third kappa shape index (κ3) is 10.8. The van der Waals surface area contributed by atoms with Gasteiger partial charge in [0.1, 0.15) is 0 Å². The maximum absolute atomic E-state index is 8.18. The van der Waals surface area contributed by atoms with Crippen molar-refractivity contribution in [1.29, 1.82) is 0 Å². The quantitative estimate of drug-likeness (QED) is 0.324. The molecule has 7 heavy (non-hydrogen) atoms. The molecule has 0 aromatic rings. The summed E-state index contributed by atoms with van der Waals surface area (Å²) in [4.78, 5) is 0. The fourth-order valence-corrected chi connectivity index (χ4v) is 0.191. The molecule has 0 saturated carbocycles. The van der Waals surface area contributed by atoms with Gasteiger partial charge in [0.05, 0.1) is 0 Å². The summed E-state index contributed by atoms with van der Waals surface area (Å²) in [7, 11) is 0. The van der Waals surface area contributed by atoms with Crippen LogP contribution in [-0.2, 0) is 0 Å². The summed E-state index contributed by atoms with van der Waals surface area (Å²) in [5, 5.41) is 8.18. The molecule has 0 bridgehead atoms. The fraction of sp³-hybridized carbons (Fsp3) is 0.600. The van der Waals surface area contributed by atoms with Crippen molar-refractivity contribution in [2.45, 2.75) is 13.3 Å². The van der Waals surface area contributed by atoms with E-state index in [-0.39, 0.29) is 37.6 Å². The third-order valence-electron chi connectivity index (χ3n) is 0.539. The van der Waals surface area contributed by atoms with Gasteiger partial charge in [-0.15, -0.1) is 6.58 Å². The Bertz CT molecular complexity index is 56.4. The van der Waals surface area contributed by atoms with Gasteiger partial charge in [-0.3, -0.25) is 0 Å². The molecule has 2 heteroatoms. The smallest absolute Gasteiger partial charge is 1.00 e. The van der Waals surface area contributed by atoms with Gasteiger partial charge < -0.3 is 6.53 Å². The first kappa shape index (κ1) is 10.6. The molecule has 38 valence electrons. The van der Waals surface area contributed by atoms with Crippen LogP contribution in [0.4, 0.5) is 0 Å². The van der Waals surface area contributed by atoms with Crippen LogP contribution in [0.2, 0.25) is 0 Å². The molecular weight excluding hydrogens is 99.0 g/mol. The molecular formula is C5H11NaO. The summed E-state index contributed by atoms with van der Waals surface area (Å²) in [5.74, 6) is 0. The van der Waals surface area contributed by atoms with Crippen LogP contribution in [0.3, 0.4) is 0 Å². The normalized spacial score (nSPS) is 7.14. The summed E-state index contributed by atoms with van der Waals surface area (Å²) in [6.07, 6.45) is 0.736. The van der Waals surface area contributed by atoms with E-state index in [0.717, 1.165) is 12.0 Å². The van der Waals surface area contributed by atoms with Crippen LogP contribution in [0.25, 0.3) is 0 Å². The van der Waals surface area contributed by atoms with Crippen molar-refractivity contribution >= 4 is 0 Å². The molecule has 0 radical (unpaired) electrons. The Balaban J connectivity index is -0.000000125. The molecule has 0 aliphatic heterocycles. The van der Waals surface area contributed by atoms with Gasteiger partial charge in [0.15, 0.2) is 0 Å². The van der Waals surface area contributed by atoms with Crippen molar-refractivity contribution in [2.75, 3.05) is 6.61 Å². The number of hydrogen-bond acceptors (Lipinski definition) is 1. The van der Waals surface area contributed by atoms with E-state index in [1.807, 2.05) is 6.92 Å². The van der Waals surface area contributed by atoms with Gasteiger partial charge in [0.2, 0.25) is 0 Å². The van der Waals surface area contributed by atoms with Crippen LogP contribution in [0.15, 0.2) is 12.2 Å². The topological polar surface area (TPSA) is 20.2 Å². The maximum atomic E-state index is 8.18. The van der Waals surface area contributed by atoms with E-state index >= 15 is 0 Å². The van der Waals surface area contributed by atoms with E-state index in [9.17, 15) is 0 Å². The van der Waals surface area contributed by atoms with Crippen LogP contribution in [-0.4, -0.2) is 11.7 Å². The average molecular weight is 110 g/mol. The Labute approximate surface area is 68.2 Å². The van der Waals surface area contributed by atoms with Crippen molar-refractivity contribution in [1.82, 2.24) is 0 Å². The number of aliphatic hydroxyl groups is 1. The average Bonchev–Trinajstić information content (AvgIpc) is 1.35. The molecule has 1 nitrogen and oxygen atoms in total. The second-order valence-electron chi connectivity index (χ2n) is 1.43. The molecule has 0 amide bonds. The zero-order chi connectivity index (χ0) is 4.99. The Morgan fingerprint density at radius 2 is 2.29 bits per heavy atom. The summed E-state index contributed by atoms with van der Waals surface area (Å²) < 4.78 is 0. The van der Waals surface area contributed by atoms with Crippen LogP contribution >= 0.6 is 0 Å². The SMILES string of the molecule is C=C(C)CCO.[H-].[Na+]. The van der Waals surface area contributed by atoms with Crippen LogP contribution in [0, 0.1) is 0 Å². The van der Waals surface area contributed by atoms with Gasteiger partial charge in [0, 0.05) is 6.61 Å². The molecule has 0 rings (SSSR count). The van der Waals surface area contributed by atoms with E-state index < -0.39 is 0 Å². The van der Waals surface area contributed by atoms with Gasteiger partial charge in [-0.1, -0.05) is 5.57 Å². The Hall–Kier alpha value is 0.700. The predicted molar refractivity (Wildman–Crippen MR) is 27.6 cm³/mol. The third-order valence-corrected chi connectivity index (χ3v) is 0.539. The zero-order valence-corrected chi connectivity index (χ0v) is 7.07. The Morgan fingerprint density at radius 3 is 2.29 bits per heavy atom. The van der Waals surface area contributed by atoms with Crippen molar-refractivity contribution in [3.63, 3.8) is 0 Å². The van der Waals surface area contributed by atoms with Crippen molar-refractivity contribution in [2.24, 2.45) is 0 Å². The van der Waals surface area contributed by atoms with E-state index in [4.69, 9.17) is 5.11 Å². The minimum atomic E-state index is 0. The van der Waals surface area contributed by atoms with Gasteiger partial charge in [-0.25, -0.2) is 0 Å². The van der Waals surface area contributed by atoms with E-state index in [0.29, 0.717) is 0 Å². The summed E-state index contributed by atoms with van der Waals surface area (Å²) >= 11 is 0. The fourth-order valence-electron chi connectivity index (χ4n) is 0.191. The number of rotatable bonds is 2. The molecule has 0 aromatic heterocycles. The van der Waals surface area contributed by atoms with Crippen molar-refractivity contribution in [3.8, 4) is 0 Å². The molecule has 0 aliphatic rings. The number of hydrogen-bond donors (Lipinski definition) is 1. The van der Waals surface area contributed by atoms with Gasteiger partial charge >= 0.3 is 29.6 Å². The first-order chi connectivity index (χ1) is 2.77. The minimum Gasteiger partial charge on any atom is -1.00 e. The van der Waals surface area contributed by atoms with Crippen LogP contribution in [0.5, 0.6) is 0 Å². The first-order valence-corrected chi connectivity index (χ1v) is 2.02. The van der Waals surface area contributed by atoms with E-state index in [1.54, 1.807) is 0 Å². The van der Waals surface area contributed by atoms with Gasteiger partial charge in [-0.05, 0) is 13.3 Å². The van der Waals surface area contributed by atoms with Gasteiger partial charge in [0.25, 0.3) is 0 Å². The molecule has 0 heterocycles. The first-order valence-electron chi connectivity index (χ1n) is 2.02. The molecule has 0 saturated heterocycles. The molecule has 0 spiro atoms. The standard InChI is InChI=1S/C5H10O.Na.H/c1-5(2)3-4-6;;/h6H,1,3-4H2,2H3;;/q;+1;-1. The van der Waals surface area contributed by atoms with Crippen LogP contribution < -0.4 is 29.6 Å². The van der Waals surface area contributed by atoms with Crippen LogP contribution in [0.1, 0.15) is 14.8 Å². The Kier molecular flexibility index (Phi) is 10.2. The van der Waals surface area contributed by atoms with E-state index in [2.05, 4.69) is 6.58 Å². The molecule has 1 N–H and O–H groups in total. The molecule has 0 aromatic carbocycles. The second-order valence-corrected chi connectivity index (χ2v) is 1.43. The van der Waals surface area contributed by atoms with Crippen molar-refractivity contribution < 1.29 is 36.1 Å². The minimum absolute atomic E-state index is 0. The Morgan fingerprint density at radius 1 is 1.86 bits per heavy atom. The molecule has 0 unspecified atom stereocenters. The molecule has 0 fully saturated rings. The molecule has 0 aliphatic carbocycles. The van der Waals surface area contributed by atoms with E-state index in [1.165, 1.54) is 0 Å². The predicted octanol–water partition coefficient (Wildman–Crippen LogP) is -1.94. The maximum Gasteiger partial charge on any atom is 1.00 e. The van der Waals surface area contributed by atoms with Crippen molar-refractivity contribution in [3.05, 3.63) is 12.2 Å². The zero-order valence-electron chi connectivity index (χ0n) is 6.07. The summed E-state index contributed by atoms with van der Waals surface area (Å²) in [6, 6.07) is 0. The monoisotopic (exact) mass is 110 g/mol.